The van der Waals surface area contributed by atoms with E-state index in [2.05, 4.69) is 10.3 Å². The zero-order valence-corrected chi connectivity index (χ0v) is 11.0. The zero-order chi connectivity index (χ0) is 13.8. The number of rotatable bonds is 5. The minimum Gasteiger partial charge on any atom is -0.389 e. The van der Waals surface area contributed by atoms with Crippen molar-refractivity contribution in [1.82, 2.24) is 4.98 Å². The Morgan fingerprint density at radius 2 is 2.05 bits per heavy atom. The fourth-order valence-corrected chi connectivity index (χ4v) is 1.95. The van der Waals surface area contributed by atoms with Crippen molar-refractivity contribution in [3.63, 3.8) is 0 Å². The molecule has 0 aliphatic carbocycles. The third-order valence-electron chi connectivity index (χ3n) is 2.66. The lowest BCUT2D eigenvalue weighted by molar-refractivity contribution is -0.117. The molecule has 5 nitrogen and oxygen atoms in total. The van der Waals surface area contributed by atoms with Crippen LogP contribution in [0.4, 0.5) is 5.82 Å². The Morgan fingerprint density at radius 1 is 1.32 bits per heavy atom. The quantitative estimate of drug-likeness (QED) is 0.711. The van der Waals surface area contributed by atoms with Gasteiger partial charge in [0.15, 0.2) is 0 Å². The van der Waals surface area contributed by atoms with E-state index in [9.17, 15) is 4.79 Å². The summed E-state index contributed by atoms with van der Waals surface area (Å²) in [6, 6.07) is 9.39. The number of nitrogens with one attached hydrogen (secondary N) is 1. The number of thiocarbonyl (C=S) groups is 1. The van der Waals surface area contributed by atoms with Crippen LogP contribution in [0, 0.1) is 0 Å². The molecule has 0 unspecified atom stereocenters. The van der Waals surface area contributed by atoms with Crippen LogP contribution in [0.5, 0.6) is 0 Å². The van der Waals surface area contributed by atoms with Crippen molar-refractivity contribution in [2.45, 2.75) is 6.42 Å². The molecule has 0 radical (unpaired) electrons. The summed E-state index contributed by atoms with van der Waals surface area (Å²) >= 11 is 5.05. The number of pyridine rings is 1. The van der Waals surface area contributed by atoms with E-state index in [0.717, 1.165) is 16.5 Å². The molecule has 0 aliphatic rings. The Balaban J connectivity index is 2.35. The third-order valence-corrected chi connectivity index (χ3v) is 2.88. The Morgan fingerprint density at radius 3 is 2.74 bits per heavy atom. The van der Waals surface area contributed by atoms with Gasteiger partial charge in [-0.15, -0.1) is 0 Å². The number of anilines is 1. The number of carbonyl (C=O) groups is 1. The number of carbonyl (C=O) groups excluding carboxylic acids is 1. The van der Waals surface area contributed by atoms with E-state index in [-0.39, 0.29) is 12.3 Å². The molecule has 2 aromatic rings. The number of nitrogens with zero attached hydrogens (tertiary/aromatic N) is 1. The highest BCUT2D eigenvalue weighted by Gasteiger charge is 2.07. The second kappa shape index (κ2) is 5.62. The Bertz CT molecular complexity index is 642. The highest BCUT2D eigenvalue weighted by molar-refractivity contribution is 7.80. The molecule has 0 saturated carbocycles. The molecule has 1 aromatic heterocycles. The zero-order valence-electron chi connectivity index (χ0n) is 10.2. The summed E-state index contributed by atoms with van der Waals surface area (Å²) in [6.45, 7) is 0.428. The van der Waals surface area contributed by atoms with Crippen molar-refractivity contribution in [3.05, 3.63) is 35.9 Å². The van der Waals surface area contributed by atoms with E-state index in [1.165, 1.54) is 0 Å². The minimum absolute atomic E-state index is 0.247. The van der Waals surface area contributed by atoms with Crippen molar-refractivity contribution in [3.8, 4) is 0 Å². The summed E-state index contributed by atoms with van der Waals surface area (Å²) in [7, 11) is 0. The van der Waals surface area contributed by atoms with Gasteiger partial charge in [0.05, 0.1) is 5.52 Å². The predicted octanol–water partition coefficient (Wildman–Crippen LogP) is 1.16. The fourth-order valence-electron chi connectivity index (χ4n) is 1.78. The first-order valence-electron chi connectivity index (χ1n) is 5.79. The van der Waals surface area contributed by atoms with Gasteiger partial charge in [-0.1, -0.05) is 30.4 Å². The van der Waals surface area contributed by atoms with E-state index >= 15 is 0 Å². The maximum atomic E-state index is 10.7. The van der Waals surface area contributed by atoms with Crippen LogP contribution in [0.3, 0.4) is 0 Å². The van der Waals surface area contributed by atoms with Gasteiger partial charge in [-0.2, -0.15) is 0 Å². The molecule has 6 heteroatoms. The molecular formula is C13H14N4OS. The van der Waals surface area contributed by atoms with Crippen LogP contribution < -0.4 is 16.8 Å². The lowest BCUT2D eigenvalue weighted by Gasteiger charge is -2.09. The molecular weight excluding hydrogens is 260 g/mol. The molecule has 0 spiro atoms. The molecule has 1 heterocycles. The van der Waals surface area contributed by atoms with Crippen molar-refractivity contribution < 1.29 is 4.79 Å². The second-order valence-electron chi connectivity index (χ2n) is 4.08. The van der Waals surface area contributed by atoms with Gasteiger partial charge in [-0.05, 0) is 12.1 Å². The molecule has 0 atom stereocenters. The van der Waals surface area contributed by atoms with Crippen LogP contribution in [0.15, 0.2) is 30.3 Å². The molecule has 0 aliphatic heterocycles. The number of aromatic nitrogens is 1. The predicted molar refractivity (Wildman–Crippen MR) is 79.9 cm³/mol. The molecule has 0 fully saturated rings. The summed E-state index contributed by atoms with van der Waals surface area (Å²) in [5.41, 5.74) is 12.4. The van der Waals surface area contributed by atoms with E-state index < -0.39 is 0 Å². The fraction of sp³-hybridized carbons (Fsp3) is 0.154. The van der Waals surface area contributed by atoms with Gasteiger partial charge in [0.2, 0.25) is 5.91 Å². The van der Waals surface area contributed by atoms with Gasteiger partial charge < -0.3 is 16.8 Å². The summed E-state index contributed by atoms with van der Waals surface area (Å²) in [5, 5.41) is 3.95. The Labute approximate surface area is 116 Å². The molecule has 1 aromatic carbocycles. The molecule has 5 N–H and O–H groups in total. The van der Waals surface area contributed by atoms with E-state index in [0.29, 0.717) is 17.4 Å². The summed E-state index contributed by atoms with van der Waals surface area (Å²) < 4.78 is 0. The summed E-state index contributed by atoms with van der Waals surface area (Å²) in [4.78, 5) is 15.5. The average molecular weight is 274 g/mol. The van der Waals surface area contributed by atoms with Crippen molar-refractivity contribution in [2.75, 3.05) is 11.9 Å². The number of para-hydroxylation sites is 1. The van der Waals surface area contributed by atoms with E-state index in [4.69, 9.17) is 23.7 Å². The summed E-state index contributed by atoms with van der Waals surface area (Å²) in [6.07, 6.45) is 0.247. The minimum atomic E-state index is -0.358. The molecule has 2 rings (SSSR count). The molecule has 19 heavy (non-hydrogen) atoms. The van der Waals surface area contributed by atoms with Crippen LogP contribution in [0.25, 0.3) is 10.9 Å². The van der Waals surface area contributed by atoms with Crippen molar-refractivity contribution in [1.29, 1.82) is 0 Å². The smallest absolute Gasteiger partial charge is 0.219 e. The van der Waals surface area contributed by atoms with E-state index in [1.54, 1.807) is 6.07 Å². The lowest BCUT2D eigenvalue weighted by Crippen LogP contribution is -2.17. The van der Waals surface area contributed by atoms with Crippen LogP contribution >= 0.6 is 12.2 Å². The number of fused-ring (bicyclic) bond motifs is 1. The van der Waals surface area contributed by atoms with E-state index in [1.807, 2.05) is 24.3 Å². The van der Waals surface area contributed by atoms with Gasteiger partial charge in [-0.3, -0.25) is 4.79 Å². The van der Waals surface area contributed by atoms with Gasteiger partial charge in [0.25, 0.3) is 0 Å². The molecule has 0 bridgehead atoms. The monoisotopic (exact) mass is 274 g/mol. The van der Waals surface area contributed by atoms with Gasteiger partial charge in [0, 0.05) is 23.9 Å². The summed E-state index contributed by atoms with van der Waals surface area (Å²) in [5.74, 6) is 0.269. The van der Waals surface area contributed by atoms with Gasteiger partial charge in [-0.25, -0.2) is 4.98 Å². The second-order valence-corrected chi connectivity index (χ2v) is 4.52. The number of benzene rings is 1. The number of hydrogen-bond acceptors (Lipinski definition) is 4. The van der Waals surface area contributed by atoms with Gasteiger partial charge in [0.1, 0.15) is 10.8 Å². The van der Waals surface area contributed by atoms with Gasteiger partial charge >= 0.3 is 0 Å². The highest BCUT2D eigenvalue weighted by atomic mass is 32.1. The van der Waals surface area contributed by atoms with Crippen LogP contribution in [-0.4, -0.2) is 22.4 Å². The number of hydrogen-bond donors (Lipinski definition) is 3. The van der Waals surface area contributed by atoms with Crippen molar-refractivity contribution in [2.24, 2.45) is 11.5 Å². The largest absolute Gasteiger partial charge is 0.389 e. The molecule has 0 saturated heterocycles. The first-order chi connectivity index (χ1) is 9.08. The number of amides is 1. The molecule has 1 amide bonds. The Hall–Kier alpha value is -2.21. The van der Waals surface area contributed by atoms with Crippen LogP contribution in [0.1, 0.15) is 12.0 Å². The maximum Gasteiger partial charge on any atom is 0.219 e. The first kappa shape index (κ1) is 13.2. The lowest BCUT2D eigenvalue weighted by atomic mass is 10.1. The van der Waals surface area contributed by atoms with Crippen LogP contribution in [0.2, 0.25) is 0 Å². The Kier molecular flexibility index (Phi) is 3.91. The average Bonchev–Trinajstić information content (AvgIpc) is 2.37. The topological polar surface area (TPSA) is 94.0 Å². The first-order valence-corrected chi connectivity index (χ1v) is 6.20. The molecule has 98 valence electrons. The number of nitrogens with two attached hydrogens (primary N) is 2. The highest BCUT2D eigenvalue weighted by Crippen LogP contribution is 2.20. The standard InChI is InChI=1S/C13H14N4OS/c14-11(18)5-6-16-12-7-9(13(15)19)8-3-1-2-4-10(8)17-12/h1-4,7H,5-6H2,(H2,14,18)(H2,15,19)(H,16,17). The SMILES string of the molecule is NC(=O)CCNc1cc(C(N)=S)c2ccccc2n1. The number of primary amides is 1. The maximum absolute atomic E-state index is 10.7. The van der Waals surface area contributed by atoms with Crippen molar-refractivity contribution >= 4 is 39.8 Å². The third kappa shape index (κ3) is 3.17. The van der Waals surface area contributed by atoms with Crippen LogP contribution in [-0.2, 0) is 4.79 Å². The normalized spacial score (nSPS) is 10.3.